The molecule has 0 aliphatic rings. The van der Waals surface area contributed by atoms with Crippen molar-refractivity contribution in [3.63, 3.8) is 0 Å². The summed E-state index contributed by atoms with van der Waals surface area (Å²) in [7, 11) is 0. The second-order valence-electron chi connectivity index (χ2n) is 6.83. The van der Waals surface area contributed by atoms with E-state index < -0.39 is 0 Å². The molecule has 0 unspecified atom stereocenters. The van der Waals surface area contributed by atoms with Crippen molar-refractivity contribution in [2.24, 2.45) is 0 Å². The number of amides is 1. The van der Waals surface area contributed by atoms with Gasteiger partial charge in [-0.3, -0.25) is 4.79 Å². The number of rotatable bonds is 8. The molecule has 0 aliphatic carbocycles. The van der Waals surface area contributed by atoms with Gasteiger partial charge in [0.2, 0.25) is 11.1 Å². The first-order valence-corrected chi connectivity index (χ1v) is 12.2. The molecule has 0 spiro atoms. The molecule has 32 heavy (non-hydrogen) atoms. The zero-order valence-corrected chi connectivity index (χ0v) is 19.5. The number of hydrogen-bond donors (Lipinski definition) is 1. The van der Waals surface area contributed by atoms with Crippen LogP contribution < -0.4 is 5.32 Å². The van der Waals surface area contributed by atoms with E-state index in [0.29, 0.717) is 22.5 Å². The summed E-state index contributed by atoms with van der Waals surface area (Å²) in [5, 5.41) is 24.7. The van der Waals surface area contributed by atoms with E-state index in [1.165, 1.54) is 23.5 Å². The molecule has 9 nitrogen and oxygen atoms in total. The lowest BCUT2D eigenvalue weighted by molar-refractivity contribution is -0.113. The predicted octanol–water partition coefficient (Wildman–Crippen LogP) is 3.70. The number of tetrazole rings is 1. The summed E-state index contributed by atoms with van der Waals surface area (Å²) >= 11 is 2.81. The third-order valence-corrected chi connectivity index (χ3v) is 6.34. The minimum Gasteiger partial charge on any atom is -0.325 e. The number of anilines is 1. The average molecular weight is 467 g/mol. The van der Waals surface area contributed by atoms with E-state index in [1.54, 1.807) is 4.68 Å². The Hall–Kier alpha value is -3.18. The Morgan fingerprint density at radius 1 is 1.06 bits per heavy atom. The fraction of sp³-hybridized carbons (Fsp3) is 0.238. The van der Waals surface area contributed by atoms with E-state index in [-0.39, 0.29) is 11.7 Å². The first kappa shape index (κ1) is 22.0. The van der Waals surface area contributed by atoms with E-state index in [1.807, 2.05) is 60.2 Å². The van der Waals surface area contributed by atoms with Crippen LogP contribution in [0, 0.1) is 6.92 Å². The molecule has 1 amide bonds. The van der Waals surface area contributed by atoms with Crippen molar-refractivity contribution in [2.75, 3.05) is 17.3 Å². The number of nitrogens with zero attached hydrogens (tertiary/aromatic N) is 7. The van der Waals surface area contributed by atoms with Crippen LogP contribution in [0.3, 0.4) is 0 Å². The summed E-state index contributed by atoms with van der Waals surface area (Å²) in [6.07, 6.45) is 1.91. The second kappa shape index (κ2) is 9.96. The number of carbonyl (C=O) groups excluding carboxylic acids is 1. The van der Waals surface area contributed by atoms with E-state index >= 15 is 0 Å². The lowest BCUT2D eigenvalue weighted by Gasteiger charge is -2.10. The molecule has 0 fully saturated rings. The third-order valence-electron chi connectivity index (χ3n) is 4.75. The highest BCUT2D eigenvalue weighted by molar-refractivity contribution is 7.99. The zero-order valence-electron chi connectivity index (χ0n) is 17.9. The lowest BCUT2D eigenvalue weighted by Crippen LogP contribution is -2.15. The third kappa shape index (κ3) is 4.68. The molecular formula is C21H22N8OS2. The first-order valence-electron chi connectivity index (χ1n) is 9.95. The van der Waals surface area contributed by atoms with Crippen LogP contribution in [-0.2, 0) is 11.3 Å². The van der Waals surface area contributed by atoms with Gasteiger partial charge in [0.05, 0.1) is 11.4 Å². The fourth-order valence-electron chi connectivity index (χ4n) is 3.21. The molecule has 11 heteroatoms. The monoisotopic (exact) mass is 466 g/mol. The number of aromatic nitrogens is 7. The van der Waals surface area contributed by atoms with Crippen LogP contribution in [0.4, 0.5) is 5.69 Å². The molecule has 2 aromatic carbocycles. The maximum Gasteiger partial charge on any atom is 0.234 e. The van der Waals surface area contributed by atoms with Gasteiger partial charge in [0.25, 0.3) is 0 Å². The normalized spacial score (nSPS) is 11.0. The van der Waals surface area contributed by atoms with Crippen LogP contribution in [0.25, 0.3) is 17.1 Å². The molecule has 2 aromatic heterocycles. The van der Waals surface area contributed by atoms with Gasteiger partial charge in [0.15, 0.2) is 11.0 Å². The minimum atomic E-state index is -0.128. The molecule has 0 atom stereocenters. The summed E-state index contributed by atoms with van der Waals surface area (Å²) < 4.78 is 3.66. The molecule has 164 valence electrons. The highest BCUT2D eigenvalue weighted by atomic mass is 32.2. The SMILES string of the molecule is CCn1c(SCC(=O)Nc2cccc(-n3nnnc3SC)c2)nnc1-c1ccccc1C. The molecule has 0 saturated carbocycles. The van der Waals surface area contributed by atoms with Crippen LogP contribution in [0.5, 0.6) is 0 Å². The number of carbonyl (C=O) groups is 1. The van der Waals surface area contributed by atoms with Gasteiger partial charge < -0.3 is 9.88 Å². The molecule has 2 heterocycles. The van der Waals surface area contributed by atoms with Gasteiger partial charge >= 0.3 is 0 Å². The summed E-state index contributed by atoms with van der Waals surface area (Å²) in [6, 6.07) is 15.5. The number of aryl methyl sites for hydroxylation is 1. The van der Waals surface area contributed by atoms with E-state index in [4.69, 9.17) is 0 Å². The Morgan fingerprint density at radius 2 is 1.91 bits per heavy atom. The maximum absolute atomic E-state index is 12.6. The van der Waals surface area contributed by atoms with Gasteiger partial charge in [0, 0.05) is 17.8 Å². The van der Waals surface area contributed by atoms with Crippen molar-refractivity contribution in [1.82, 2.24) is 35.0 Å². The van der Waals surface area contributed by atoms with Crippen LogP contribution in [0.2, 0.25) is 0 Å². The van der Waals surface area contributed by atoms with Crippen LogP contribution in [0.1, 0.15) is 12.5 Å². The zero-order chi connectivity index (χ0) is 22.5. The van der Waals surface area contributed by atoms with Crippen molar-refractivity contribution in [1.29, 1.82) is 0 Å². The van der Waals surface area contributed by atoms with Crippen LogP contribution in [-0.4, -0.2) is 52.9 Å². The number of benzene rings is 2. The Bertz CT molecular complexity index is 1240. The van der Waals surface area contributed by atoms with Crippen LogP contribution >= 0.6 is 23.5 Å². The molecule has 4 aromatic rings. The molecule has 4 rings (SSSR count). The summed E-state index contributed by atoms with van der Waals surface area (Å²) in [6.45, 7) is 4.81. The fourth-order valence-corrected chi connectivity index (χ4v) is 4.45. The summed E-state index contributed by atoms with van der Waals surface area (Å²) in [5.74, 6) is 0.904. The van der Waals surface area contributed by atoms with Gasteiger partial charge in [-0.15, -0.1) is 15.3 Å². The Kier molecular flexibility index (Phi) is 6.86. The molecule has 0 radical (unpaired) electrons. The maximum atomic E-state index is 12.6. The van der Waals surface area contributed by atoms with Crippen molar-refractivity contribution < 1.29 is 4.79 Å². The summed E-state index contributed by atoms with van der Waals surface area (Å²) in [4.78, 5) is 12.6. The molecule has 1 N–H and O–H groups in total. The van der Waals surface area contributed by atoms with E-state index in [9.17, 15) is 4.79 Å². The largest absolute Gasteiger partial charge is 0.325 e. The topological polar surface area (TPSA) is 103 Å². The van der Waals surface area contributed by atoms with Crippen LogP contribution in [0.15, 0.2) is 58.8 Å². The number of thioether (sulfide) groups is 2. The van der Waals surface area contributed by atoms with Gasteiger partial charge in [-0.1, -0.05) is 53.9 Å². The van der Waals surface area contributed by atoms with E-state index in [2.05, 4.69) is 44.0 Å². The lowest BCUT2D eigenvalue weighted by atomic mass is 10.1. The Balaban J connectivity index is 1.44. The Morgan fingerprint density at radius 3 is 2.69 bits per heavy atom. The average Bonchev–Trinajstić information content (AvgIpc) is 3.45. The highest BCUT2D eigenvalue weighted by Crippen LogP contribution is 2.26. The molecule has 0 bridgehead atoms. The quantitative estimate of drug-likeness (QED) is 0.392. The van der Waals surface area contributed by atoms with E-state index in [0.717, 1.165) is 22.6 Å². The predicted molar refractivity (Wildman–Crippen MR) is 126 cm³/mol. The van der Waals surface area contributed by atoms with Crippen molar-refractivity contribution in [3.05, 3.63) is 54.1 Å². The summed E-state index contributed by atoms with van der Waals surface area (Å²) in [5.41, 5.74) is 3.63. The number of hydrogen-bond acceptors (Lipinski definition) is 8. The first-order chi connectivity index (χ1) is 15.6. The van der Waals surface area contributed by atoms with Gasteiger partial charge in [-0.2, -0.15) is 4.68 Å². The van der Waals surface area contributed by atoms with Crippen molar-refractivity contribution in [2.45, 2.75) is 30.7 Å². The van der Waals surface area contributed by atoms with Crippen molar-refractivity contribution in [3.8, 4) is 17.1 Å². The van der Waals surface area contributed by atoms with Gasteiger partial charge in [-0.25, -0.2) is 0 Å². The number of nitrogens with one attached hydrogen (secondary N) is 1. The Labute approximate surface area is 194 Å². The standard InChI is InChI=1S/C21H22N8OS2/c1-4-28-19(17-11-6-5-8-14(17)2)23-24-20(28)32-13-18(30)22-15-9-7-10-16(12-15)29-21(31-3)25-26-27-29/h5-12H,4,13H2,1-3H3,(H,22,30). The molecule has 0 saturated heterocycles. The van der Waals surface area contributed by atoms with Gasteiger partial charge in [-0.05, 0) is 54.3 Å². The molecule has 0 aliphatic heterocycles. The second-order valence-corrected chi connectivity index (χ2v) is 8.55. The minimum absolute atomic E-state index is 0.128. The molecular weight excluding hydrogens is 444 g/mol. The van der Waals surface area contributed by atoms with Crippen molar-refractivity contribution >= 4 is 35.1 Å². The van der Waals surface area contributed by atoms with Gasteiger partial charge in [0.1, 0.15) is 0 Å². The highest BCUT2D eigenvalue weighted by Gasteiger charge is 2.16. The smallest absolute Gasteiger partial charge is 0.234 e.